The van der Waals surface area contributed by atoms with Crippen molar-refractivity contribution < 1.29 is 57.4 Å². The average molecular weight is 853 g/mol. The number of hydrogen-bond acceptors (Lipinski definition) is 14. The quantitative estimate of drug-likeness (QED) is 0.139. The van der Waals surface area contributed by atoms with Crippen LogP contribution >= 0.6 is 0 Å². The Labute approximate surface area is 318 Å². The van der Waals surface area contributed by atoms with Crippen LogP contribution in [0.5, 0.6) is 0 Å². The van der Waals surface area contributed by atoms with Crippen LogP contribution in [0.4, 0.5) is 0 Å². The van der Waals surface area contributed by atoms with Gasteiger partial charge in [-0.15, -0.1) is 0 Å². The Morgan fingerprint density at radius 1 is 0.368 bits per heavy atom. The third kappa shape index (κ3) is 5.92. The van der Waals surface area contributed by atoms with Gasteiger partial charge in [0, 0.05) is 33.0 Å². The molecular weight excluding hydrogens is 833 g/mol. The molecule has 7 aromatic rings. The fourth-order valence-corrected chi connectivity index (χ4v) is 11.7. The molecule has 0 radical (unpaired) electrons. The van der Waals surface area contributed by atoms with Crippen LogP contribution in [0.1, 0.15) is 0 Å². The van der Waals surface area contributed by atoms with Crippen molar-refractivity contribution in [3.8, 4) is 45.6 Å². The van der Waals surface area contributed by atoms with Crippen molar-refractivity contribution in [3.63, 3.8) is 0 Å². The first kappa shape index (κ1) is 37.7. The van der Waals surface area contributed by atoms with Gasteiger partial charge in [-0.2, -0.15) is 33.7 Å². The summed E-state index contributed by atoms with van der Waals surface area (Å²) < 4.78 is 146. The van der Waals surface area contributed by atoms with E-state index in [1.165, 1.54) is 12.1 Å². The van der Waals surface area contributed by atoms with Crippen LogP contribution in [0.25, 0.3) is 89.7 Å². The SMILES string of the molecule is O.O=S(=O)(O)c1c(S(=O)(=O)O)c(S(=O)(=O)O)c2c3nc4nc(nc5[nH]c(nc6nc(nc([nH]3)c2c1S(=O)(=O)O)-c1ccccc1-6)c1ccccc51)-c1ccccc1-4. The molecule has 0 fully saturated rings. The lowest BCUT2D eigenvalue weighted by Crippen LogP contribution is -2.19. The second-order valence-corrected chi connectivity index (χ2v) is 17.6. The first-order valence-corrected chi connectivity index (χ1v) is 21.3. The first-order chi connectivity index (χ1) is 26.3. The second-order valence-electron chi connectivity index (χ2n) is 12.2. The molecule has 0 aliphatic carbocycles. The number of aromatic nitrogens is 8. The molecule has 0 saturated carbocycles. The van der Waals surface area contributed by atoms with Gasteiger partial charge in [0.2, 0.25) is 0 Å². The summed E-state index contributed by atoms with van der Waals surface area (Å²) in [4.78, 5) is 24.5. The van der Waals surface area contributed by atoms with Gasteiger partial charge in [0.05, 0.1) is 10.8 Å². The van der Waals surface area contributed by atoms with Crippen LogP contribution in [0.15, 0.2) is 92.4 Å². The number of rotatable bonds is 4. The zero-order valence-corrected chi connectivity index (χ0v) is 31.1. The minimum Gasteiger partial charge on any atom is -0.412 e. The zero-order chi connectivity index (χ0) is 39.7. The number of H-pyrrole nitrogens is 2. The van der Waals surface area contributed by atoms with E-state index in [1.807, 2.05) is 0 Å². The largest absolute Gasteiger partial charge is 0.412 e. The predicted molar refractivity (Wildman–Crippen MR) is 199 cm³/mol. The van der Waals surface area contributed by atoms with Crippen LogP contribution in [0.3, 0.4) is 0 Å². The molecule has 57 heavy (non-hydrogen) atoms. The number of hydrogen-bond donors (Lipinski definition) is 6. The van der Waals surface area contributed by atoms with Crippen molar-refractivity contribution in [1.29, 1.82) is 0 Å². The van der Waals surface area contributed by atoms with E-state index < -0.39 is 82.1 Å². The lowest BCUT2D eigenvalue weighted by Gasteiger charge is -2.14. The molecule has 2 aliphatic heterocycles. The summed E-state index contributed by atoms with van der Waals surface area (Å²) in [6.07, 6.45) is 0. The van der Waals surface area contributed by atoms with Gasteiger partial charge in [-0.05, 0) is 0 Å². The average Bonchev–Trinajstić information content (AvgIpc) is 3.84. The highest BCUT2D eigenvalue weighted by Crippen LogP contribution is 2.45. The van der Waals surface area contributed by atoms with Crippen molar-refractivity contribution >= 4 is 84.6 Å². The maximum atomic E-state index is 13.2. The maximum Gasteiger partial charge on any atom is 0.297 e. The van der Waals surface area contributed by atoms with Gasteiger partial charge in [0.1, 0.15) is 42.2 Å². The summed E-state index contributed by atoms with van der Waals surface area (Å²) in [5, 5.41) is -1.17. The van der Waals surface area contributed by atoms with Crippen molar-refractivity contribution in [2.75, 3.05) is 0 Å². The van der Waals surface area contributed by atoms with Gasteiger partial charge < -0.3 is 15.4 Å². The number of nitrogens with zero attached hydrogens (tertiary/aromatic N) is 6. The molecule has 290 valence electrons. The van der Waals surface area contributed by atoms with Crippen LogP contribution in [-0.2, 0) is 40.5 Å². The molecule has 5 heterocycles. The standard InChI is InChI=1S/C32H18N8O12S4.H2O/c41-53(42,43)21-19-20(22(54(44,45)46)24(56(50,51)52)23(21)55(47,48)49)32-39-30-18-12-6-4-10-16(18)28(37-30)35-26-14-8-2-1-7-13(14)25(33-26)34-27-15-9-3-5-11-17(15)29(36-27)38-31(19)40-32;/h1-12H,(H,41,42,43)(H,44,45,46)(H,47,48,49)(H,50,51,52)(H2,33,34,35,36,37,38,39,40);1H2. The van der Waals surface area contributed by atoms with Gasteiger partial charge in [-0.1, -0.05) is 72.8 Å². The van der Waals surface area contributed by atoms with E-state index in [4.69, 9.17) is 9.97 Å². The Balaban J connectivity index is 0.00000455. The molecule has 2 aliphatic rings. The molecular formula is C32H20N8O13S4. The van der Waals surface area contributed by atoms with E-state index >= 15 is 0 Å². The zero-order valence-electron chi connectivity index (χ0n) is 27.8. The highest BCUT2D eigenvalue weighted by atomic mass is 32.2. The molecule has 21 nitrogen and oxygen atoms in total. The van der Waals surface area contributed by atoms with E-state index in [1.54, 1.807) is 60.7 Å². The van der Waals surface area contributed by atoms with Gasteiger partial charge in [-0.25, -0.2) is 29.9 Å². The van der Waals surface area contributed by atoms with Crippen molar-refractivity contribution in [2.24, 2.45) is 0 Å². The van der Waals surface area contributed by atoms with E-state index in [9.17, 15) is 51.9 Å². The van der Waals surface area contributed by atoms with Crippen LogP contribution in [0.2, 0.25) is 0 Å². The molecule has 4 aromatic carbocycles. The Hall–Kier alpha value is -6.16. The lowest BCUT2D eigenvalue weighted by molar-refractivity contribution is 0.449. The maximum absolute atomic E-state index is 13.2. The molecule has 0 unspecified atom stereocenters. The third-order valence-corrected chi connectivity index (χ3v) is 12.9. The van der Waals surface area contributed by atoms with Gasteiger partial charge in [0.15, 0.2) is 23.3 Å². The highest BCUT2D eigenvalue weighted by molar-refractivity contribution is 7.91. The summed E-state index contributed by atoms with van der Waals surface area (Å²) in [7, 11) is -24.6. The summed E-state index contributed by atoms with van der Waals surface area (Å²) in [6, 6.07) is 19.9. The molecule has 8 N–H and O–H groups in total. The van der Waals surface area contributed by atoms with Crippen LogP contribution in [-0.4, -0.2) is 97.2 Å². The van der Waals surface area contributed by atoms with Crippen LogP contribution in [0, 0.1) is 0 Å². The third-order valence-electron chi connectivity index (χ3n) is 8.85. The van der Waals surface area contributed by atoms with Gasteiger partial charge in [0.25, 0.3) is 40.5 Å². The van der Waals surface area contributed by atoms with Crippen LogP contribution < -0.4 is 0 Å². The van der Waals surface area contributed by atoms with Gasteiger partial charge in [-0.3, -0.25) is 18.2 Å². The molecule has 0 atom stereocenters. The summed E-state index contributed by atoms with van der Waals surface area (Å²) in [6.45, 7) is 0. The minimum atomic E-state index is -6.24. The number of aromatic amines is 2. The molecule has 0 spiro atoms. The number of fused-ring (bicyclic) bond motifs is 20. The summed E-state index contributed by atoms with van der Waals surface area (Å²) in [5.74, 6) is -0.428. The summed E-state index contributed by atoms with van der Waals surface area (Å²) in [5.41, 5.74) is 0.187. The fraction of sp³-hybridized carbons (Fsp3) is 0. The Morgan fingerprint density at radius 3 is 0.930 bits per heavy atom. The predicted octanol–water partition coefficient (Wildman–Crippen LogP) is 3.03. The topological polar surface area (TPSA) is 358 Å². The molecule has 0 amide bonds. The van der Waals surface area contributed by atoms with E-state index in [2.05, 4.69) is 29.9 Å². The normalized spacial score (nSPS) is 13.0. The van der Waals surface area contributed by atoms with Gasteiger partial charge >= 0.3 is 0 Å². The van der Waals surface area contributed by atoms with Crippen molar-refractivity contribution in [3.05, 3.63) is 72.8 Å². The Morgan fingerprint density at radius 2 is 0.632 bits per heavy atom. The molecule has 25 heteroatoms. The molecule has 8 bridgehead atoms. The lowest BCUT2D eigenvalue weighted by atomic mass is 10.1. The fourth-order valence-electron chi connectivity index (χ4n) is 6.75. The Bertz CT molecular complexity index is 3380. The highest BCUT2D eigenvalue weighted by Gasteiger charge is 2.43. The second kappa shape index (κ2) is 12.4. The minimum absolute atomic E-state index is 0. The molecule has 9 rings (SSSR count). The smallest absolute Gasteiger partial charge is 0.297 e. The van der Waals surface area contributed by atoms with Crippen molar-refractivity contribution in [1.82, 2.24) is 39.9 Å². The van der Waals surface area contributed by atoms with E-state index in [0.29, 0.717) is 33.2 Å². The monoisotopic (exact) mass is 852 g/mol. The van der Waals surface area contributed by atoms with E-state index in [0.717, 1.165) is 0 Å². The molecule has 0 saturated heterocycles. The van der Waals surface area contributed by atoms with E-state index in [-0.39, 0.29) is 39.9 Å². The Kier molecular flexibility index (Phi) is 8.22. The summed E-state index contributed by atoms with van der Waals surface area (Å²) >= 11 is 0. The molecule has 3 aromatic heterocycles. The number of benzene rings is 4. The first-order valence-electron chi connectivity index (χ1n) is 15.5. The number of nitrogens with one attached hydrogen (secondary N) is 2. The van der Waals surface area contributed by atoms with Crippen molar-refractivity contribution in [2.45, 2.75) is 19.6 Å².